The van der Waals surface area contributed by atoms with E-state index in [9.17, 15) is 26.4 Å². The van der Waals surface area contributed by atoms with Gasteiger partial charge in [0, 0.05) is 35.4 Å². The summed E-state index contributed by atoms with van der Waals surface area (Å²) in [5.41, 5.74) is 12.8. The normalized spacial score (nSPS) is 18.2. The van der Waals surface area contributed by atoms with Crippen LogP contribution in [0.3, 0.4) is 0 Å². The number of hydrogen-bond acceptors (Lipinski definition) is 8. The maximum absolute atomic E-state index is 13.3. The predicted molar refractivity (Wildman–Crippen MR) is 198 cm³/mol. The smallest absolute Gasteiger partial charge is 0.307 e. The van der Waals surface area contributed by atoms with Crippen molar-refractivity contribution in [2.75, 3.05) is 10.6 Å². The topological polar surface area (TPSA) is 176 Å². The minimum atomic E-state index is -4.26. The number of amides is 4. The van der Waals surface area contributed by atoms with E-state index in [2.05, 4.69) is 42.2 Å². The minimum Gasteiger partial charge on any atom is -0.307 e. The molecule has 0 aliphatic heterocycles. The lowest BCUT2D eigenvalue weighted by molar-refractivity contribution is 0.255. The molecule has 0 radical (unpaired) electrons. The Kier molecular flexibility index (Phi) is 8.30. The standard InChI is InChI=1S/C39H40N6O6S2/c46-38(44-52(48,49)27-18-25-8-4-12-34(25)40-21-27)43-37-31-11-3-7-24(31)19-33-28(14-15-32(33)37)26-13-16-35(41-20-26)53(50,51)45-39(47)42-36-29-9-1-5-22(29)17-23-6-2-10-30(23)36/h13,16-21,28H,1-12,14-15H2,(H2,42,45,47)(H2,43,44,46). The molecule has 0 bridgehead atoms. The quantitative estimate of drug-likeness (QED) is 0.191. The van der Waals surface area contributed by atoms with Gasteiger partial charge >= 0.3 is 12.1 Å². The van der Waals surface area contributed by atoms with Gasteiger partial charge in [-0.25, -0.2) is 32.4 Å². The van der Waals surface area contributed by atoms with E-state index in [0.717, 1.165) is 133 Å². The molecule has 2 aromatic heterocycles. The molecule has 53 heavy (non-hydrogen) atoms. The van der Waals surface area contributed by atoms with Crippen LogP contribution in [0.15, 0.2) is 52.6 Å². The van der Waals surface area contributed by atoms with E-state index < -0.39 is 32.1 Å². The zero-order chi connectivity index (χ0) is 36.5. The molecule has 0 saturated carbocycles. The van der Waals surface area contributed by atoms with Crippen LogP contribution in [0.2, 0.25) is 0 Å². The van der Waals surface area contributed by atoms with Crippen LogP contribution < -0.4 is 20.1 Å². The first-order valence-corrected chi connectivity index (χ1v) is 21.5. The van der Waals surface area contributed by atoms with Crippen LogP contribution in [0.25, 0.3) is 0 Å². The summed E-state index contributed by atoms with van der Waals surface area (Å²) < 4.78 is 57.3. The third-order valence-corrected chi connectivity index (χ3v) is 14.2. The van der Waals surface area contributed by atoms with Crippen LogP contribution >= 0.6 is 0 Å². The van der Waals surface area contributed by atoms with Gasteiger partial charge in [-0.1, -0.05) is 18.2 Å². The summed E-state index contributed by atoms with van der Waals surface area (Å²) in [5.74, 6) is -0.108. The summed E-state index contributed by atoms with van der Waals surface area (Å²) in [6, 6.07) is 7.53. The highest BCUT2D eigenvalue weighted by molar-refractivity contribution is 7.90. The van der Waals surface area contributed by atoms with Crippen molar-refractivity contribution in [3.8, 4) is 0 Å². The number of sulfonamides is 2. The van der Waals surface area contributed by atoms with Gasteiger partial charge in [-0.15, -0.1) is 0 Å². The maximum atomic E-state index is 13.3. The van der Waals surface area contributed by atoms with E-state index in [4.69, 9.17) is 0 Å². The second kappa shape index (κ2) is 12.9. The Bertz CT molecular complexity index is 2420. The molecule has 1 atom stereocenters. The fraction of sp³-hybridized carbons (Fsp3) is 0.385. The van der Waals surface area contributed by atoms with Crippen molar-refractivity contribution >= 4 is 43.5 Å². The Hall–Kier alpha value is -4.82. The van der Waals surface area contributed by atoms with Gasteiger partial charge in [-0.2, -0.15) is 8.42 Å². The van der Waals surface area contributed by atoms with E-state index in [1.54, 1.807) is 12.1 Å². The van der Waals surface area contributed by atoms with Crippen LogP contribution in [-0.2, 0) is 77.8 Å². The third kappa shape index (κ3) is 6.15. The number of anilines is 2. The number of carbonyl (C=O) groups excluding carboxylic acids is 2. The first-order chi connectivity index (χ1) is 25.5. The van der Waals surface area contributed by atoms with E-state index in [0.29, 0.717) is 18.5 Å². The van der Waals surface area contributed by atoms with Gasteiger partial charge in [0.2, 0.25) is 0 Å². The molecule has 0 spiro atoms. The lowest BCUT2D eigenvalue weighted by Gasteiger charge is -2.19. The van der Waals surface area contributed by atoms with Gasteiger partial charge in [-0.05, 0) is 158 Å². The zero-order valence-electron chi connectivity index (χ0n) is 29.2. The number of urea groups is 2. The number of carbonyl (C=O) groups is 2. The first-order valence-electron chi connectivity index (χ1n) is 18.5. The molecule has 5 aliphatic carbocycles. The largest absolute Gasteiger partial charge is 0.333 e. The molecule has 274 valence electrons. The van der Waals surface area contributed by atoms with Crippen molar-refractivity contribution in [2.45, 2.75) is 106 Å². The number of fused-ring (bicyclic) bond motifs is 5. The van der Waals surface area contributed by atoms with E-state index in [1.807, 2.05) is 0 Å². The van der Waals surface area contributed by atoms with Crippen molar-refractivity contribution in [1.29, 1.82) is 0 Å². The van der Waals surface area contributed by atoms with E-state index >= 15 is 0 Å². The Morgan fingerprint density at radius 3 is 1.81 bits per heavy atom. The molecule has 14 heteroatoms. The first kappa shape index (κ1) is 34.0. The third-order valence-electron chi connectivity index (χ3n) is 11.6. The molecule has 2 heterocycles. The molecule has 4 amide bonds. The lowest BCUT2D eigenvalue weighted by atomic mass is 9.91. The SMILES string of the molecule is O=C(Nc1c2c(cc3c1CCC3c1ccc(S(=O)(=O)NC(=O)Nc3c4c(cc5c3CCC5)CCC4)nc1)CCC2)NS(=O)(=O)c1cnc2c(c1)CCC2. The summed E-state index contributed by atoms with van der Waals surface area (Å²) in [7, 11) is -8.40. The second-order valence-electron chi connectivity index (χ2n) is 14.8. The molecule has 0 saturated heterocycles. The van der Waals surface area contributed by atoms with Gasteiger partial charge in [0.15, 0.2) is 5.03 Å². The van der Waals surface area contributed by atoms with Crippen LogP contribution in [0, 0.1) is 0 Å². The number of pyridine rings is 2. The lowest BCUT2D eigenvalue weighted by Crippen LogP contribution is -2.35. The Morgan fingerprint density at radius 2 is 1.17 bits per heavy atom. The zero-order valence-corrected chi connectivity index (χ0v) is 30.8. The second-order valence-corrected chi connectivity index (χ2v) is 18.1. The summed E-state index contributed by atoms with van der Waals surface area (Å²) in [6.45, 7) is 0. The molecule has 5 aliphatic rings. The van der Waals surface area contributed by atoms with Crippen LogP contribution in [0.1, 0.15) is 99.4 Å². The van der Waals surface area contributed by atoms with Crippen molar-refractivity contribution in [2.24, 2.45) is 0 Å². The Labute approximate surface area is 308 Å². The molecule has 4 aromatic rings. The van der Waals surface area contributed by atoms with Crippen molar-refractivity contribution in [3.05, 3.63) is 104 Å². The van der Waals surface area contributed by atoms with E-state index in [-0.39, 0.29) is 15.8 Å². The molecule has 9 rings (SSSR count). The van der Waals surface area contributed by atoms with Gasteiger partial charge in [-0.3, -0.25) is 4.98 Å². The number of rotatable bonds is 7. The van der Waals surface area contributed by atoms with Crippen LogP contribution in [0.4, 0.5) is 21.0 Å². The van der Waals surface area contributed by atoms with Crippen LogP contribution in [0.5, 0.6) is 0 Å². The van der Waals surface area contributed by atoms with Crippen molar-refractivity contribution < 1.29 is 26.4 Å². The number of aromatic nitrogens is 2. The average molecular weight is 753 g/mol. The van der Waals surface area contributed by atoms with Crippen molar-refractivity contribution in [1.82, 2.24) is 19.4 Å². The van der Waals surface area contributed by atoms with Gasteiger partial charge in [0.05, 0.1) is 0 Å². The fourth-order valence-corrected chi connectivity index (χ4v) is 11.0. The summed E-state index contributed by atoms with van der Waals surface area (Å²) in [4.78, 5) is 34.9. The number of benzene rings is 2. The Balaban J connectivity index is 0.918. The van der Waals surface area contributed by atoms with Gasteiger partial charge in [0.1, 0.15) is 4.90 Å². The number of nitrogens with one attached hydrogen (secondary N) is 4. The summed E-state index contributed by atoms with van der Waals surface area (Å²) >= 11 is 0. The molecule has 4 N–H and O–H groups in total. The highest BCUT2D eigenvalue weighted by Gasteiger charge is 2.33. The van der Waals surface area contributed by atoms with E-state index in [1.165, 1.54) is 29.6 Å². The summed E-state index contributed by atoms with van der Waals surface area (Å²) in [6.07, 6.45) is 14.9. The van der Waals surface area contributed by atoms with Gasteiger partial charge in [0.25, 0.3) is 20.0 Å². The highest BCUT2D eigenvalue weighted by Crippen LogP contribution is 2.46. The molecular weight excluding hydrogens is 713 g/mol. The maximum Gasteiger partial charge on any atom is 0.333 e. The summed E-state index contributed by atoms with van der Waals surface area (Å²) in [5, 5.41) is 5.51. The average Bonchev–Trinajstić information content (AvgIpc) is 3.97. The fourth-order valence-electron chi connectivity index (χ4n) is 9.24. The molecule has 2 aromatic carbocycles. The minimum absolute atomic E-state index is 0.0341. The number of nitrogens with zero attached hydrogens (tertiary/aromatic N) is 2. The van der Waals surface area contributed by atoms with Crippen LogP contribution in [-0.4, -0.2) is 38.9 Å². The monoisotopic (exact) mass is 752 g/mol. The molecule has 1 unspecified atom stereocenters. The molecule has 12 nitrogen and oxygen atoms in total. The number of aryl methyl sites for hydroxylation is 5. The predicted octanol–water partition coefficient (Wildman–Crippen LogP) is 5.53. The number of hydrogen-bond donors (Lipinski definition) is 4. The Morgan fingerprint density at radius 1 is 0.585 bits per heavy atom. The highest BCUT2D eigenvalue weighted by atomic mass is 32.2. The molecule has 0 fully saturated rings. The van der Waals surface area contributed by atoms with Crippen molar-refractivity contribution in [3.63, 3.8) is 0 Å². The van der Waals surface area contributed by atoms with Gasteiger partial charge < -0.3 is 10.6 Å². The molecular formula is C39H40N6O6S2.